The highest BCUT2D eigenvalue weighted by Gasteiger charge is 2.39. The molecule has 0 radical (unpaired) electrons. The molecule has 3 heterocycles. The van der Waals surface area contributed by atoms with E-state index in [9.17, 15) is 9.59 Å². The first-order valence-corrected chi connectivity index (χ1v) is 11.2. The van der Waals surface area contributed by atoms with Crippen molar-refractivity contribution in [1.29, 1.82) is 0 Å². The standard InChI is InChI=1S/C23H27N3O3S/c1-16-6-3-7-18(17(16)2)24-21-20(19-8-4-15-30-19)22(27)26(23(21)28)10-5-9-25-11-13-29-14-12-25/h3-4,6-8,15,24H,5,9-14H2,1-2H3. The van der Waals surface area contributed by atoms with E-state index in [0.717, 1.165) is 61.0 Å². The van der Waals surface area contributed by atoms with Gasteiger partial charge >= 0.3 is 0 Å². The van der Waals surface area contributed by atoms with Crippen LogP contribution in [-0.4, -0.2) is 61.0 Å². The summed E-state index contributed by atoms with van der Waals surface area (Å²) in [5.41, 5.74) is 3.92. The zero-order chi connectivity index (χ0) is 21.1. The van der Waals surface area contributed by atoms with E-state index in [1.807, 2.05) is 49.6 Å². The first kappa shape index (κ1) is 20.8. The maximum absolute atomic E-state index is 13.3. The average Bonchev–Trinajstić information content (AvgIpc) is 3.35. The second kappa shape index (κ2) is 9.12. The highest BCUT2D eigenvalue weighted by molar-refractivity contribution is 7.11. The summed E-state index contributed by atoms with van der Waals surface area (Å²) in [5, 5.41) is 5.21. The van der Waals surface area contributed by atoms with E-state index in [1.54, 1.807) is 0 Å². The van der Waals surface area contributed by atoms with Crippen molar-refractivity contribution < 1.29 is 14.3 Å². The van der Waals surface area contributed by atoms with E-state index in [-0.39, 0.29) is 11.8 Å². The van der Waals surface area contributed by atoms with E-state index in [2.05, 4.69) is 10.2 Å². The summed E-state index contributed by atoms with van der Waals surface area (Å²) in [5.74, 6) is -0.455. The molecule has 0 aliphatic carbocycles. The van der Waals surface area contributed by atoms with E-state index >= 15 is 0 Å². The summed E-state index contributed by atoms with van der Waals surface area (Å²) >= 11 is 1.48. The summed E-state index contributed by atoms with van der Waals surface area (Å²) in [6, 6.07) is 9.74. The highest BCUT2D eigenvalue weighted by Crippen LogP contribution is 2.33. The zero-order valence-electron chi connectivity index (χ0n) is 17.4. The third-order valence-electron chi connectivity index (χ3n) is 5.76. The molecule has 158 valence electrons. The van der Waals surface area contributed by atoms with Gasteiger partial charge in [0.05, 0.1) is 18.8 Å². The molecule has 1 fully saturated rings. The second-order valence-electron chi connectivity index (χ2n) is 7.67. The molecule has 1 N–H and O–H groups in total. The minimum absolute atomic E-state index is 0.211. The summed E-state index contributed by atoms with van der Waals surface area (Å²) in [6.07, 6.45) is 0.756. The van der Waals surface area contributed by atoms with Gasteiger partial charge in [0.15, 0.2) is 0 Å². The predicted molar refractivity (Wildman–Crippen MR) is 119 cm³/mol. The minimum Gasteiger partial charge on any atom is -0.379 e. The van der Waals surface area contributed by atoms with Gasteiger partial charge in [-0.05, 0) is 48.9 Å². The van der Waals surface area contributed by atoms with Crippen LogP contribution in [0.15, 0.2) is 41.4 Å². The van der Waals surface area contributed by atoms with Gasteiger partial charge in [0.25, 0.3) is 11.8 Å². The molecule has 0 spiro atoms. The number of hydrogen-bond acceptors (Lipinski definition) is 6. The Morgan fingerprint density at radius 3 is 2.57 bits per heavy atom. The van der Waals surface area contributed by atoms with Crippen molar-refractivity contribution in [3.05, 3.63) is 57.4 Å². The van der Waals surface area contributed by atoms with Gasteiger partial charge in [-0.2, -0.15) is 0 Å². The van der Waals surface area contributed by atoms with Crippen molar-refractivity contribution in [2.75, 3.05) is 44.7 Å². The predicted octanol–water partition coefficient (Wildman–Crippen LogP) is 3.28. The molecule has 0 unspecified atom stereocenters. The Labute approximate surface area is 181 Å². The van der Waals surface area contributed by atoms with E-state index < -0.39 is 0 Å². The van der Waals surface area contributed by atoms with Gasteiger partial charge < -0.3 is 10.1 Å². The van der Waals surface area contributed by atoms with Crippen LogP contribution in [-0.2, 0) is 14.3 Å². The third-order valence-corrected chi connectivity index (χ3v) is 6.65. The highest BCUT2D eigenvalue weighted by atomic mass is 32.1. The van der Waals surface area contributed by atoms with Crippen molar-refractivity contribution in [1.82, 2.24) is 9.80 Å². The quantitative estimate of drug-likeness (QED) is 0.690. The van der Waals surface area contributed by atoms with Gasteiger partial charge in [-0.15, -0.1) is 11.3 Å². The van der Waals surface area contributed by atoms with Crippen LogP contribution in [0.3, 0.4) is 0 Å². The van der Waals surface area contributed by atoms with Crippen molar-refractivity contribution in [3.63, 3.8) is 0 Å². The maximum atomic E-state index is 13.3. The number of anilines is 1. The number of rotatable bonds is 7. The largest absolute Gasteiger partial charge is 0.379 e. The molecule has 1 aromatic heterocycles. The zero-order valence-corrected chi connectivity index (χ0v) is 18.3. The number of thiophene rings is 1. The Morgan fingerprint density at radius 1 is 1.03 bits per heavy atom. The lowest BCUT2D eigenvalue weighted by molar-refractivity contribution is -0.136. The fraction of sp³-hybridized carbons (Fsp3) is 0.391. The van der Waals surface area contributed by atoms with Crippen LogP contribution >= 0.6 is 11.3 Å². The number of imide groups is 1. The van der Waals surface area contributed by atoms with Gasteiger partial charge in [-0.3, -0.25) is 19.4 Å². The monoisotopic (exact) mass is 425 g/mol. The van der Waals surface area contributed by atoms with Crippen LogP contribution < -0.4 is 5.32 Å². The number of hydrogen-bond donors (Lipinski definition) is 1. The fourth-order valence-corrected chi connectivity index (χ4v) is 4.61. The molecule has 0 atom stereocenters. The summed E-state index contributed by atoms with van der Waals surface area (Å²) in [7, 11) is 0. The van der Waals surface area contributed by atoms with Crippen LogP contribution in [0, 0.1) is 13.8 Å². The van der Waals surface area contributed by atoms with Crippen molar-refractivity contribution >= 4 is 34.4 Å². The van der Waals surface area contributed by atoms with E-state index in [4.69, 9.17) is 4.74 Å². The molecule has 1 saturated heterocycles. The van der Waals surface area contributed by atoms with Crippen LogP contribution in [0.25, 0.3) is 5.57 Å². The number of aryl methyl sites for hydroxylation is 1. The summed E-state index contributed by atoms with van der Waals surface area (Å²) < 4.78 is 5.38. The fourth-order valence-electron chi connectivity index (χ4n) is 3.84. The lowest BCUT2D eigenvalue weighted by Gasteiger charge is -2.27. The SMILES string of the molecule is Cc1cccc(NC2=C(c3cccs3)C(=O)N(CCCN3CCOCC3)C2=O)c1C. The maximum Gasteiger partial charge on any atom is 0.278 e. The van der Waals surface area contributed by atoms with Crippen LogP contribution in [0.5, 0.6) is 0 Å². The molecular weight excluding hydrogens is 398 g/mol. The van der Waals surface area contributed by atoms with Crippen LogP contribution in [0.1, 0.15) is 22.4 Å². The molecule has 30 heavy (non-hydrogen) atoms. The van der Waals surface area contributed by atoms with Gasteiger partial charge in [0, 0.05) is 36.7 Å². The van der Waals surface area contributed by atoms with Gasteiger partial charge in [0.2, 0.25) is 0 Å². The molecule has 2 aliphatic rings. The molecule has 6 nitrogen and oxygen atoms in total. The Morgan fingerprint density at radius 2 is 1.83 bits per heavy atom. The summed E-state index contributed by atoms with van der Waals surface area (Å²) in [6.45, 7) is 8.63. The Bertz CT molecular complexity index is 962. The van der Waals surface area contributed by atoms with Crippen molar-refractivity contribution in [3.8, 4) is 0 Å². The number of carbonyl (C=O) groups excluding carboxylic acids is 2. The third kappa shape index (κ3) is 4.19. The Hall–Kier alpha value is -2.48. The number of benzene rings is 1. The molecule has 0 saturated carbocycles. The van der Waals surface area contributed by atoms with Gasteiger partial charge in [0.1, 0.15) is 5.70 Å². The normalized spacial score (nSPS) is 17.9. The second-order valence-corrected chi connectivity index (χ2v) is 8.62. The lowest BCUT2D eigenvalue weighted by atomic mass is 10.1. The molecule has 4 rings (SSSR count). The molecule has 2 aliphatic heterocycles. The molecular formula is C23H27N3O3S. The lowest BCUT2D eigenvalue weighted by Crippen LogP contribution is -2.39. The van der Waals surface area contributed by atoms with E-state index in [1.165, 1.54) is 16.2 Å². The number of carbonyl (C=O) groups is 2. The number of amides is 2. The van der Waals surface area contributed by atoms with Crippen LogP contribution in [0.4, 0.5) is 5.69 Å². The molecule has 2 aromatic rings. The van der Waals surface area contributed by atoms with Gasteiger partial charge in [-0.1, -0.05) is 18.2 Å². The summed E-state index contributed by atoms with van der Waals surface area (Å²) in [4.78, 5) is 31.0. The van der Waals surface area contributed by atoms with Gasteiger partial charge in [-0.25, -0.2) is 0 Å². The topological polar surface area (TPSA) is 61.9 Å². The Kier molecular flexibility index (Phi) is 6.32. The number of ether oxygens (including phenoxy) is 1. The number of nitrogens with zero attached hydrogens (tertiary/aromatic N) is 2. The van der Waals surface area contributed by atoms with Crippen molar-refractivity contribution in [2.45, 2.75) is 20.3 Å². The smallest absolute Gasteiger partial charge is 0.278 e. The minimum atomic E-state index is -0.244. The van der Waals surface area contributed by atoms with Crippen LogP contribution in [0.2, 0.25) is 0 Å². The number of morpholine rings is 1. The Balaban J connectivity index is 1.54. The average molecular weight is 426 g/mol. The molecule has 1 aromatic carbocycles. The first-order valence-electron chi connectivity index (χ1n) is 10.3. The number of nitrogens with one attached hydrogen (secondary N) is 1. The molecule has 7 heteroatoms. The van der Waals surface area contributed by atoms with Crippen molar-refractivity contribution in [2.24, 2.45) is 0 Å². The molecule has 2 amide bonds. The van der Waals surface area contributed by atoms with E-state index in [0.29, 0.717) is 17.8 Å². The molecule has 0 bridgehead atoms. The first-order chi connectivity index (χ1) is 14.6.